The van der Waals surface area contributed by atoms with Crippen molar-refractivity contribution in [3.63, 3.8) is 0 Å². The number of hydrogen-bond acceptors (Lipinski definition) is 14. The van der Waals surface area contributed by atoms with Crippen LogP contribution in [0.1, 0.15) is 86.0 Å². The normalized spacial score (nSPS) is 23.6. The molecule has 0 spiro atoms. The molecule has 2 saturated heterocycles. The highest BCUT2D eigenvalue weighted by molar-refractivity contribution is 6.75. The van der Waals surface area contributed by atoms with Gasteiger partial charge in [0.25, 0.3) is 5.56 Å². The molecule has 0 saturated carbocycles. The highest BCUT2D eigenvalue weighted by atomic mass is 28.4. The molecular weight excluding hydrogens is 841 g/mol. The van der Waals surface area contributed by atoms with Crippen LogP contribution >= 0.6 is 0 Å². The maximum atomic E-state index is 14.8. The smallest absolute Gasteiger partial charge is 0.467 e. The summed E-state index contributed by atoms with van der Waals surface area (Å²) in [7, 11) is -3.25. The van der Waals surface area contributed by atoms with E-state index in [0.717, 1.165) is 14.2 Å². The number of hydrogen-bond donors (Lipinski definition) is 1. The molecule has 0 aromatic carbocycles. The number of fused-ring (bicyclic) bond motifs is 2. The Bertz CT molecular complexity index is 2210. The first kappa shape index (κ1) is 48.4. The van der Waals surface area contributed by atoms with Crippen LogP contribution in [0.4, 0.5) is 9.59 Å². The van der Waals surface area contributed by atoms with Gasteiger partial charge >= 0.3 is 18.2 Å². The minimum absolute atomic E-state index is 0.0513. The number of nitrogens with zero attached hydrogens (tertiary/aromatic N) is 5. The summed E-state index contributed by atoms with van der Waals surface area (Å²) >= 11 is 0. The lowest BCUT2D eigenvalue weighted by atomic mass is 10.0. The van der Waals surface area contributed by atoms with Gasteiger partial charge in [0, 0.05) is 7.05 Å². The molecule has 342 valence electrons. The average molecular weight is 909 g/mol. The molecule has 61 heavy (non-hydrogen) atoms. The Labute approximate surface area is 361 Å². The number of imidazole rings is 2. The zero-order valence-corrected chi connectivity index (χ0v) is 42.5. The highest BCUT2D eigenvalue weighted by Gasteiger charge is 2.56. The van der Waals surface area contributed by atoms with Gasteiger partial charge in [-0.3, -0.25) is 13.9 Å². The van der Waals surface area contributed by atoms with Crippen molar-refractivity contribution in [2.24, 2.45) is 7.05 Å². The van der Waals surface area contributed by atoms with Gasteiger partial charge in [0.1, 0.15) is 18.3 Å². The van der Waals surface area contributed by atoms with Crippen LogP contribution in [0.25, 0.3) is 16.9 Å². The third-order valence-corrected chi connectivity index (χ3v) is 27.0. The predicted molar refractivity (Wildman–Crippen MR) is 235 cm³/mol. The number of amides is 1. The molecule has 2 aliphatic heterocycles. The Balaban J connectivity index is 1.71. The van der Waals surface area contributed by atoms with E-state index in [0.29, 0.717) is 11.3 Å². The third kappa shape index (κ3) is 8.97. The van der Waals surface area contributed by atoms with Crippen molar-refractivity contribution in [2.45, 2.75) is 166 Å². The van der Waals surface area contributed by atoms with E-state index in [1.54, 1.807) is 24.9 Å². The number of methoxy groups -OCH3 is 2. The number of esters is 1. The molecule has 1 N–H and O–H groups in total. The van der Waals surface area contributed by atoms with Gasteiger partial charge in [-0.15, -0.1) is 0 Å². The SMILES string of the molecule is COC(=O)N[C@H](C(=O)OC)[C@@H]1OC(=O)O[C@H]1c1c(C)nc2n(C)c3c(ncn3[C@@H]3O[C@H](CO[Si](C)(C)C(C)(C)C)[C@@H](O[Si](C)(C)C(C)(C)C)[C@H]3O[Si](C)(C)C(C)(C)C)c(=O)n12. The second kappa shape index (κ2) is 16.5. The average Bonchev–Trinajstić information content (AvgIpc) is 3.90. The van der Waals surface area contributed by atoms with Gasteiger partial charge in [0.15, 0.2) is 60.6 Å². The lowest BCUT2D eigenvalue weighted by molar-refractivity contribution is -0.146. The first-order valence-corrected chi connectivity index (χ1v) is 29.4. The topological polar surface area (TPSA) is 194 Å². The number of carbonyl (C=O) groups is 3. The van der Waals surface area contributed by atoms with Gasteiger partial charge in [-0.1, -0.05) is 62.3 Å². The van der Waals surface area contributed by atoms with Crippen LogP contribution in [0.15, 0.2) is 11.1 Å². The van der Waals surface area contributed by atoms with E-state index in [9.17, 15) is 19.2 Å². The number of cyclic esters (lactones) is 2. The lowest BCUT2D eigenvalue weighted by Gasteiger charge is -2.44. The Morgan fingerprint density at radius 1 is 0.852 bits per heavy atom. The standard InChI is InChI=1S/C40H68N6O12Si3/c1-22-26(29-28(55-37(50)56-29)24(34(48)51-12)43-36(49)52-13)46-32(47)25-31(44(11)35(46)42-22)45(21-41-25)33-30(58-61(18,19)40(8,9)10)27(57-60(16,17)39(5,6)7)23(54-33)20-53-59(14,15)38(2,3)4/h21,23-24,27-30,33H,20H2,1-19H3,(H,43,49)/t23-,24+,27-,28+,29+,30-,33-/m1/s1. The molecule has 3 aromatic heterocycles. The second-order valence-corrected chi connectivity index (χ2v) is 35.1. The van der Waals surface area contributed by atoms with Crippen LogP contribution in [-0.4, -0.2) is 118 Å². The number of ether oxygens (including phenoxy) is 5. The van der Waals surface area contributed by atoms with E-state index in [-0.39, 0.29) is 38.7 Å². The fourth-order valence-corrected chi connectivity index (χ4v) is 10.4. The molecule has 0 unspecified atom stereocenters. The summed E-state index contributed by atoms with van der Waals surface area (Å²) in [6, 6.07) is -1.56. The quantitative estimate of drug-likeness (QED) is 0.112. The summed E-state index contributed by atoms with van der Waals surface area (Å²) in [4.78, 5) is 62.2. The maximum absolute atomic E-state index is 14.8. The number of aryl methyl sites for hydroxylation is 2. The van der Waals surface area contributed by atoms with Crippen molar-refractivity contribution in [3.05, 3.63) is 28.1 Å². The first-order valence-electron chi connectivity index (χ1n) is 20.7. The Kier molecular flexibility index (Phi) is 13.1. The highest BCUT2D eigenvalue weighted by Crippen LogP contribution is 2.47. The zero-order valence-electron chi connectivity index (χ0n) is 39.5. The molecule has 5 rings (SSSR count). The van der Waals surface area contributed by atoms with Gasteiger partial charge in [-0.05, 0) is 61.3 Å². The monoisotopic (exact) mass is 908 g/mol. The molecule has 1 amide bonds. The number of carbonyl (C=O) groups excluding carboxylic acids is 3. The van der Waals surface area contributed by atoms with Crippen molar-refractivity contribution >= 4 is 60.1 Å². The molecule has 21 heteroatoms. The van der Waals surface area contributed by atoms with Crippen molar-refractivity contribution < 1.29 is 51.3 Å². The summed E-state index contributed by atoms with van der Waals surface area (Å²) in [6.07, 6.45) is -5.87. The fraction of sp³-hybridized carbons (Fsp3) is 0.750. The van der Waals surface area contributed by atoms with Crippen LogP contribution in [0.3, 0.4) is 0 Å². The van der Waals surface area contributed by atoms with E-state index in [1.807, 2.05) is 4.57 Å². The lowest BCUT2D eigenvalue weighted by Crippen LogP contribution is -2.54. The van der Waals surface area contributed by atoms with E-state index in [4.69, 9.17) is 41.9 Å². The maximum Gasteiger partial charge on any atom is 0.509 e. The molecule has 0 aliphatic carbocycles. The molecular formula is C40H68N6O12Si3. The van der Waals surface area contributed by atoms with Gasteiger partial charge in [-0.25, -0.2) is 28.8 Å². The molecule has 0 radical (unpaired) electrons. The number of rotatable bonds is 12. The fourth-order valence-electron chi connectivity index (χ4n) is 6.80. The second-order valence-electron chi connectivity index (χ2n) is 20.7. The molecule has 2 fully saturated rings. The van der Waals surface area contributed by atoms with Crippen molar-refractivity contribution in [3.8, 4) is 0 Å². The van der Waals surface area contributed by atoms with E-state index in [2.05, 4.69) is 112 Å². The first-order chi connectivity index (χ1) is 27.8. The summed E-state index contributed by atoms with van der Waals surface area (Å²) < 4.78 is 54.1. The van der Waals surface area contributed by atoms with Gasteiger partial charge in [0.2, 0.25) is 5.78 Å². The summed E-state index contributed by atoms with van der Waals surface area (Å²) in [6.45, 7) is 35.0. The van der Waals surface area contributed by atoms with Crippen molar-refractivity contribution in [2.75, 3.05) is 20.8 Å². The zero-order chi connectivity index (χ0) is 46.2. The molecule has 3 aromatic rings. The molecule has 2 aliphatic rings. The minimum Gasteiger partial charge on any atom is -0.467 e. The molecule has 0 bridgehead atoms. The van der Waals surface area contributed by atoms with Crippen LogP contribution in [-0.2, 0) is 48.8 Å². The molecule has 18 nitrogen and oxygen atoms in total. The Morgan fingerprint density at radius 2 is 1.41 bits per heavy atom. The summed E-state index contributed by atoms with van der Waals surface area (Å²) in [5.41, 5.74) is 0.289. The van der Waals surface area contributed by atoms with Crippen LogP contribution in [0.5, 0.6) is 0 Å². The van der Waals surface area contributed by atoms with Crippen LogP contribution < -0.4 is 10.9 Å². The predicted octanol–water partition coefficient (Wildman–Crippen LogP) is 6.87. The molecule has 7 atom stereocenters. The van der Waals surface area contributed by atoms with Crippen molar-refractivity contribution in [1.82, 2.24) is 28.8 Å². The van der Waals surface area contributed by atoms with Gasteiger partial charge < -0.3 is 42.3 Å². The molecule has 5 heterocycles. The van der Waals surface area contributed by atoms with Crippen molar-refractivity contribution in [1.29, 1.82) is 0 Å². The number of alkyl carbamates (subject to hydrolysis) is 1. The van der Waals surface area contributed by atoms with Gasteiger partial charge in [0.05, 0.1) is 38.5 Å². The van der Waals surface area contributed by atoms with E-state index in [1.165, 1.54) is 4.40 Å². The largest absolute Gasteiger partial charge is 0.509 e. The summed E-state index contributed by atoms with van der Waals surface area (Å²) in [5.74, 6) is -0.759. The van der Waals surface area contributed by atoms with E-state index >= 15 is 0 Å². The Hall–Kier alpha value is -3.61. The summed E-state index contributed by atoms with van der Waals surface area (Å²) in [5, 5.41) is 2.00. The third-order valence-electron chi connectivity index (χ3n) is 13.6. The van der Waals surface area contributed by atoms with E-state index < -0.39 is 91.5 Å². The van der Waals surface area contributed by atoms with Crippen LogP contribution in [0.2, 0.25) is 54.4 Å². The Morgan fingerprint density at radius 3 is 1.93 bits per heavy atom. The number of nitrogens with one attached hydrogen (secondary N) is 1. The van der Waals surface area contributed by atoms with Crippen LogP contribution in [0, 0.1) is 6.92 Å². The number of aromatic nitrogens is 5. The minimum atomic E-state index is -2.52. The van der Waals surface area contributed by atoms with Gasteiger partial charge in [-0.2, -0.15) is 0 Å².